The fourth-order valence-electron chi connectivity index (χ4n) is 4.00. The van der Waals surface area contributed by atoms with Crippen LogP contribution in [-0.2, 0) is 17.8 Å². The lowest BCUT2D eigenvalue weighted by Gasteiger charge is -2.26. The van der Waals surface area contributed by atoms with E-state index in [1.165, 1.54) is 43.2 Å². The smallest absolute Gasteiger partial charge is 0.226 e. The molecule has 0 bridgehead atoms. The van der Waals surface area contributed by atoms with Crippen LogP contribution in [0.2, 0.25) is 0 Å². The van der Waals surface area contributed by atoms with Gasteiger partial charge in [0.25, 0.3) is 0 Å². The first kappa shape index (κ1) is 13.4. The molecular formula is C19H25NO. The Bertz CT molecular complexity index is 521. The molecule has 0 aliphatic heterocycles. The van der Waals surface area contributed by atoms with Crippen LogP contribution in [0.1, 0.15) is 50.2 Å². The Morgan fingerprint density at radius 3 is 2.24 bits per heavy atom. The van der Waals surface area contributed by atoms with Crippen molar-refractivity contribution in [3.8, 4) is 0 Å². The highest BCUT2D eigenvalue weighted by Gasteiger charge is 2.49. The standard InChI is InChI=1S/C19H25NO/c1-2-13-3-5-14(6-4-13)12-20(18-7-8-18)19(21)17-10-15-9-16(15)11-17/h3-6,15-18H,2,7-12H2,1H3. The van der Waals surface area contributed by atoms with Crippen LogP contribution < -0.4 is 0 Å². The Morgan fingerprint density at radius 2 is 1.67 bits per heavy atom. The lowest BCUT2D eigenvalue weighted by molar-refractivity contribution is -0.137. The van der Waals surface area contributed by atoms with Gasteiger partial charge in [0.2, 0.25) is 5.91 Å². The summed E-state index contributed by atoms with van der Waals surface area (Å²) in [5.74, 6) is 2.57. The van der Waals surface area contributed by atoms with Gasteiger partial charge in [-0.05, 0) is 61.5 Å². The van der Waals surface area contributed by atoms with Crippen molar-refractivity contribution in [1.29, 1.82) is 0 Å². The van der Waals surface area contributed by atoms with Gasteiger partial charge in [0.15, 0.2) is 0 Å². The van der Waals surface area contributed by atoms with Crippen molar-refractivity contribution >= 4 is 5.91 Å². The van der Waals surface area contributed by atoms with Crippen molar-refractivity contribution in [2.45, 2.75) is 58.0 Å². The largest absolute Gasteiger partial charge is 0.335 e. The second-order valence-electron chi connectivity index (χ2n) is 7.29. The second-order valence-corrected chi connectivity index (χ2v) is 7.29. The van der Waals surface area contributed by atoms with Crippen LogP contribution in [0, 0.1) is 17.8 Å². The number of hydrogen-bond donors (Lipinski definition) is 0. The van der Waals surface area contributed by atoms with E-state index < -0.39 is 0 Å². The zero-order valence-corrected chi connectivity index (χ0v) is 12.9. The van der Waals surface area contributed by atoms with Gasteiger partial charge in [-0.3, -0.25) is 4.79 Å². The number of fused-ring (bicyclic) bond motifs is 1. The maximum atomic E-state index is 12.8. The Kier molecular flexibility index (Phi) is 3.28. The van der Waals surface area contributed by atoms with Crippen molar-refractivity contribution in [2.24, 2.45) is 17.8 Å². The first-order chi connectivity index (χ1) is 10.2. The fourth-order valence-corrected chi connectivity index (χ4v) is 4.00. The lowest BCUT2D eigenvalue weighted by atomic mass is 10.0. The molecule has 2 atom stereocenters. The monoisotopic (exact) mass is 283 g/mol. The topological polar surface area (TPSA) is 20.3 Å². The molecule has 21 heavy (non-hydrogen) atoms. The number of rotatable bonds is 5. The van der Waals surface area contributed by atoms with Crippen LogP contribution in [0.15, 0.2) is 24.3 Å². The predicted octanol–water partition coefficient (Wildman–Crippen LogP) is 3.79. The van der Waals surface area contributed by atoms with E-state index >= 15 is 0 Å². The highest BCUT2D eigenvalue weighted by Crippen LogP contribution is 2.55. The molecule has 2 heteroatoms. The van der Waals surface area contributed by atoms with E-state index in [2.05, 4.69) is 36.1 Å². The third-order valence-electron chi connectivity index (χ3n) is 5.65. The Morgan fingerprint density at radius 1 is 1.05 bits per heavy atom. The van der Waals surface area contributed by atoms with Crippen LogP contribution in [-0.4, -0.2) is 16.8 Å². The van der Waals surface area contributed by atoms with Gasteiger partial charge in [-0.1, -0.05) is 31.2 Å². The molecule has 1 amide bonds. The highest BCUT2D eigenvalue weighted by molar-refractivity contribution is 5.80. The van der Waals surface area contributed by atoms with Crippen molar-refractivity contribution < 1.29 is 4.79 Å². The quantitative estimate of drug-likeness (QED) is 0.805. The third-order valence-corrected chi connectivity index (χ3v) is 5.65. The number of carbonyl (C=O) groups is 1. The molecule has 0 radical (unpaired) electrons. The normalized spacial score (nSPS) is 30.0. The van der Waals surface area contributed by atoms with Gasteiger partial charge < -0.3 is 4.90 Å². The van der Waals surface area contributed by atoms with E-state index in [0.29, 0.717) is 17.9 Å². The van der Waals surface area contributed by atoms with Gasteiger partial charge in [-0.2, -0.15) is 0 Å². The average Bonchev–Trinajstić information content (AvgIpc) is 3.44. The van der Waals surface area contributed by atoms with E-state index in [1.54, 1.807) is 0 Å². The number of nitrogens with zero attached hydrogens (tertiary/aromatic N) is 1. The summed E-state index contributed by atoms with van der Waals surface area (Å²) in [5.41, 5.74) is 2.66. The van der Waals surface area contributed by atoms with Gasteiger partial charge >= 0.3 is 0 Å². The molecule has 3 fully saturated rings. The molecule has 3 aliphatic carbocycles. The van der Waals surface area contributed by atoms with Crippen LogP contribution in [0.3, 0.4) is 0 Å². The second kappa shape index (κ2) is 5.15. The number of carbonyl (C=O) groups excluding carboxylic acids is 1. The summed E-state index contributed by atoms with van der Waals surface area (Å²) < 4.78 is 0. The summed E-state index contributed by atoms with van der Waals surface area (Å²) in [7, 11) is 0. The maximum Gasteiger partial charge on any atom is 0.226 e. The maximum absolute atomic E-state index is 12.8. The van der Waals surface area contributed by atoms with Gasteiger partial charge in [-0.15, -0.1) is 0 Å². The molecule has 0 aromatic heterocycles. The highest BCUT2D eigenvalue weighted by atomic mass is 16.2. The van der Waals surface area contributed by atoms with Crippen LogP contribution >= 0.6 is 0 Å². The minimum atomic E-state index is 0.337. The van der Waals surface area contributed by atoms with Gasteiger partial charge in [0.1, 0.15) is 0 Å². The molecule has 2 unspecified atom stereocenters. The summed E-state index contributed by atoms with van der Waals surface area (Å²) in [5, 5.41) is 0. The first-order valence-electron chi connectivity index (χ1n) is 8.63. The number of aryl methyl sites for hydroxylation is 1. The molecule has 1 aromatic rings. The average molecular weight is 283 g/mol. The summed E-state index contributed by atoms with van der Waals surface area (Å²) in [6.45, 7) is 3.00. The SMILES string of the molecule is CCc1ccc(CN(C(=O)C2CC3CC3C2)C2CC2)cc1. The minimum Gasteiger partial charge on any atom is -0.335 e. The van der Waals surface area contributed by atoms with E-state index in [9.17, 15) is 4.79 Å². The summed E-state index contributed by atoms with van der Waals surface area (Å²) in [6.07, 6.45) is 7.22. The van der Waals surface area contributed by atoms with E-state index in [4.69, 9.17) is 0 Å². The predicted molar refractivity (Wildman–Crippen MR) is 83.7 cm³/mol. The van der Waals surface area contributed by atoms with Crippen LogP contribution in [0.25, 0.3) is 0 Å². The van der Waals surface area contributed by atoms with E-state index in [-0.39, 0.29) is 0 Å². The van der Waals surface area contributed by atoms with E-state index in [0.717, 1.165) is 24.8 Å². The Labute approximate surface area is 127 Å². The zero-order valence-electron chi connectivity index (χ0n) is 12.9. The first-order valence-corrected chi connectivity index (χ1v) is 8.63. The summed E-state index contributed by atoms with van der Waals surface area (Å²) >= 11 is 0. The molecule has 1 aromatic carbocycles. The molecule has 0 heterocycles. The molecular weight excluding hydrogens is 258 g/mol. The van der Waals surface area contributed by atoms with Crippen molar-refractivity contribution in [3.05, 3.63) is 35.4 Å². The summed E-state index contributed by atoms with van der Waals surface area (Å²) in [6, 6.07) is 9.34. The third kappa shape index (κ3) is 2.73. The molecule has 2 nitrogen and oxygen atoms in total. The van der Waals surface area contributed by atoms with Crippen molar-refractivity contribution in [2.75, 3.05) is 0 Å². The zero-order chi connectivity index (χ0) is 14.4. The lowest BCUT2D eigenvalue weighted by Crippen LogP contribution is -2.37. The number of amides is 1. The molecule has 112 valence electrons. The van der Waals surface area contributed by atoms with E-state index in [1.807, 2.05) is 0 Å². The fraction of sp³-hybridized carbons (Fsp3) is 0.632. The number of benzene rings is 1. The molecule has 3 saturated carbocycles. The van der Waals surface area contributed by atoms with Gasteiger partial charge in [-0.25, -0.2) is 0 Å². The molecule has 3 aliphatic rings. The van der Waals surface area contributed by atoms with Crippen molar-refractivity contribution in [1.82, 2.24) is 4.90 Å². The van der Waals surface area contributed by atoms with Crippen LogP contribution in [0.5, 0.6) is 0 Å². The Hall–Kier alpha value is -1.31. The van der Waals surface area contributed by atoms with Gasteiger partial charge in [0, 0.05) is 18.5 Å². The van der Waals surface area contributed by atoms with Crippen molar-refractivity contribution in [3.63, 3.8) is 0 Å². The number of hydrogen-bond acceptors (Lipinski definition) is 1. The molecule has 0 N–H and O–H groups in total. The molecule has 0 spiro atoms. The van der Waals surface area contributed by atoms with Crippen LogP contribution in [0.4, 0.5) is 0 Å². The summed E-state index contributed by atoms with van der Waals surface area (Å²) in [4.78, 5) is 15.0. The molecule has 0 saturated heterocycles. The minimum absolute atomic E-state index is 0.337. The Balaban J connectivity index is 1.44. The molecule has 4 rings (SSSR count). The van der Waals surface area contributed by atoms with Gasteiger partial charge in [0.05, 0.1) is 0 Å².